The number of esters is 1. The number of carbonyl (C=O) groups is 2. The highest BCUT2D eigenvalue weighted by atomic mass is 16.6. The summed E-state index contributed by atoms with van der Waals surface area (Å²) in [6.45, 7) is 20.4. The smallest absolute Gasteiger partial charge is 0.331 e. The van der Waals surface area contributed by atoms with Crippen LogP contribution in [-0.4, -0.2) is 22.6 Å². The van der Waals surface area contributed by atoms with Gasteiger partial charge in [-0.15, -0.1) is 0 Å². The Hall–Kier alpha value is -1.58. The molecule has 0 aromatic rings. The second kappa shape index (κ2) is 10.6. The molecule has 0 unspecified atom stereocenters. The van der Waals surface area contributed by atoms with E-state index in [4.69, 9.17) is 9.84 Å². The number of hydrogen-bond acceptors (Lipinski definition) is 3. The fraction of sp³-hybridized carbons (Fsp3) is 0.769. The molecule has 30 heavy (non-hydrogen) atoms. The molecule has 0 radical (unpaired) electrons. The first-order valence-corrected chi connectivity index (χ1v) is 11.5. The molecule has 0 bridgehead atoms. The molecule has 2 saturated carbocycles. The Labute approximate surface area is 184 Å². The Balaban J connectivity index is 0.000000300. The Morgan fingerprint density at radius 1 is 0.967 bits per heavy atom. The molecule has 2 rings (SSSR count). The highest BCUT2D eigenvalue weighted by Gasteiger charge is 2.45. The van der Waals surface area contributed by atoms with E-state index in [0.29, 0.717) is 11.0 Å². The molecular weight excluding hydrogens is 376 g/mol. The van der Waals surface area contributed by atoms with Crippen molar-refractivity contribution in [1.82, 2.24) is 0 Å². The van der Waals surface area contributed by atoms with Gasteiger partial charge in [-0.05, 0) is 68.6 Å². The van der Waals surface area contributed by atoms with Crippen LogP contribution in [0.4, 0.5) is 0 Å². The highest BCUT2D eigenvalue weighted by molar-refractivity contribution is 5.86. The lowest BCUT2D eigenvalue weighted by molar-refractivity contribution is -0.173. The van der Waals surface area contributed by atoms with Crippen LogP contribution in [0.1, 0.15) is 99.3 Å². The molecule has 0 spiro atoms. The lowest BCUT2D eigenvalue weighted by Gasteiger charge is -2.46. The maximum atomic E-state index is 11.4. The van der Waals surface area contributed by atoms with E-state index in [2.05, 4.69) is 54.7 Å². The third-order valence-corrected chi connectivity index (χ3v) is 7.21. The molecule has 2 aliphatic rings. The summed E-state index contributed by atoms with van der Waals surface area (Å²) >= 11 is 0. The van der Waals surface area contributed by atoms with E-state index in [9.17, 15) is 9.59 Å². The fourth-order valence-electron chi connectivity index (χ4n) is 4.84. The van der Waals surface area contributed by atoms with Gasteiger partial charge >= 0.3 is 11.9 Å². The lowest BCUT2D eigenvalue weighted by Crippen LogP contribution is -2.48. The minimum absolute atomic E-state index is 0.00604. The van der Waals surface area contributed by atoms with Crippen LogP contribution < -0.4 is 0 Å². The number of rotatable bonds is 4. The van der Waals surface area contributed by atoms with Gasteiger partial charge in [0.1, 0.15) is 5.60 Å². The quantitative estimate of drug-likeness (QED) is 0.395. The monoisotopic (exact) mass is 420 g/mol. The van der Waals surface area contributed by atoms with Crippen LogP contribution in [0.2, 0.25) is 0 Å². The summed E-state index contributed by atoms with van der Waals surface area (Å²) in [5, 5.41) is 8.86. The van der Waals surface area contributed by atoms with Crippen molar-refractivity contribution in [3.8, 4) is 0 Å². The Bertz CT molecular complexity index is 604. The van der Waals surface area contributed by atoms with Crippen LogP contribution in [0.5, 0.6) is 0 Å². The molecule has 2 fully saturated rings. The molecule has 172 valence electrons. The van der Waals surface area contributed by atoms with Gasteiger partial charge in [-0.25, -0.2) is 9.59 Å². The lowest BCUT2D eigenvalue weighted by atomic mass is 9.68. The normalized spacial score (nSPS) is 24.1. The van der Waals surface area contributed by atoms with Gasteiger partial charge in [0.25, 0.3) is 0 Å². The number of aliphatic carboxylic acids is 1. The zero-order chi connectivity index (χ0) is 23.2. The van der Waals surface area contributed by atoms with Gasteiger partial charge in [0, 0.05) is 17.1 Å². The average Bonchev–Trinajstić information content (AvgIpc) is 2.67. The fourth-order valence-corrected chi connectivity index (χ4v) is 4.84. The van der Waals surface area contributed by atoms with Crippen molar-refractivity contribution in [3.05, 3.63) is 24.8 Å². The second-order valence-electron chi connectivity index (χ2n) is 11.2. The molecule has 0 atom stereocenters. The zero-order valence-electron chi connectivity index (χ0n) is 20.2. The van der Waals surface area contributed by atoms with Crippen molar-refractivity contribution in [1.29, 1.82) is 0 Å². The van der Waals surface area contributed by atoms with Crippen LogP contribution in [0.25, 0.3) is 0 Å². The van der Waals surface area contributed by atoms with Crippen LogP contribution >= 0.6 is 0 Å². The van der Waals surface area contributed by atoms with Gasteiger partial charge in [-0.3, -0.25) is 0 Å². The van der Waals surface area contributed by atoms with E-state index in [1.807, 2.05) is 0 Å². The summed E-state index contributed by atoms with van der Waals surface area (Å²) in [5.74, 6) is -0.169. The third-order valence-electron chi connectivity index (χ3n) is 7.21. The van der Waals surface area contributed by atoms with Crippen LogP contribution in [0.3, 0.4) is 0 Å². The Morgan fingerprint density at radius 3 is 1.83 bits per heavy atom. The molecule has 4 heteroatoms. The number of carbonyl (C=O) groups excluding carboxylic acids is 1. The maximum Gasteiger partial charge on any atom is 0.331 e. The zero-order valence-corrected chi connectivity index (χ0v) is 20.2. The van der Waals surface area contributed by atoms with E-state index >= 15 is 0 Å². The SMILES string of the molecule is C=C(C(=O)O)C1CCC(C(C)(C)C)CC1.C=CC(=O)OC1(C(C)(C)C)CCCCC1. The van der Waals surface area contributed by atoms with E-state index in [-0.39, 0.29) is 22.9 Å². The molecule has 4 nitrogen and oxygen atoms in total. The molecule has 0 aliphatic heterocycles. The predicted molar refractivity (Wildman–Crippen MR) is 123 cm³/mol. The van der Waals surface area contributed by atoms with E-state index < -0.39 is 5.97 Å². The van der Waals surface area contributed by atoms with Crippen molar-refractivity contribution in [2.75, 3.05) is 0 Å². The number of ether oxygens (including phenoxy) is 1. The predicted octanol–water partition coefficient (Wildman–Crippen LogP) is 6.94. The van der Waals surface area contributed by atoms with Gasteiger partial charge < -0.3 is 9.84 Å². The van der Waals surface area contributed by atoms with Crippen molar-refractivity contribution in [2.45, 2.75) is 105 Å². The summed E-state index contributed by atoms with van der Waals surface area (Å²) < 4.78 is 5.64. The number of hydrogen-bond donors (Lipinski definition) is 1. The summed E-state index contributed by atoms with van der Waals surface area (Å²) in [6, 6.07) is 0. The Kier molecular flexibility index (Phi) is 9.38. The van der Waals surface area contributed by atoms with Gasteiger partial charge in [0.05, 0.1) is 0 Å². The minimum atomic E-state index is -0.825. The molecule has 0 saturated heterocycles. The van der Waals surface area contributed by atoms with Crippen molar-refractivity contribution in [3.63, 3.8) is 0 Å². The van der Waals surface area contributed by atoms with E-state index in [1.165, 1.54) is 12.5 Å². The highest BCUT2D eigenvalue weighted by Crippen LogP contribution is 2.45. The van der Waals surface area contributed by atoms with Crippen molar-refractivity contribution < 1.29 is 19.4 Å². The van der Waals surface area contributed by atoms with E-state index in [1.54, 1.807) is 0 Å². The van der Waals surface area contributed by atoms with Gasteiger partial charge in [-0.1, -0.05) is 61.1 Å². The topological polar surface area (TPSA) is 63.6 Å². The maximum absolute atomic E-state index is 11.4. The first-order chi connectivity index (χ1) is 13.7. The minimum Gasteiger partial charge on any atom is -0.478 e. The average molecular weight is 421 g/mol. The van der Waals surface area contributed by atoms with Gasteiger partial charge in [-0.2, -0.15) is 0 Å². The summed E-state index contributed by atoms with van der Waals surface area (Å²) in [6.07, 6.45) is 11.1. The molecule has 1 N–H and O–H groups in total. The van der Waals surface area contributed by atoms with Crippen molar-refractivity contribution >= 4 is 11.9 Å². The number of carboxylic acid groups (broad SMARTS) is 1. The van der Waals surface area contributed by atoms with Crippen LogP contribution in [-0.2, 0) is 14.3 Å². The van der Waals surface area contributed by atoms with Crippen molar-refractivity contribution in [2.24, 2.45) is 22.7 Å². The molecule has 0 aromatic heterocycles. The van der Waals surface area contributed by atoms with Crippen LogP contribution in [0.15, 0.2) is 24.8 Å². The number of carboxylic acids is 1. The largest absolute Gasteiger partial charge is 0.478 e. The molecular formula is C26H44O4. The molecule has 2 aliphatic carbocycles. The van der Waals surface area contributed by atoms with Gasteiger partial charge in [0.15, 0.2) is 0 Å². The molecule has 0 heterocycles. The Morgan fingerprint density at radius 2 is 1.47 bits per heavy atom. The summed E-state index contributed by atoms with van der Waals surface area (Å²) in [5.41, 5.74) is 0.486. The van der Waals surface area contributed by atoms with Crippen LogP contribution in [0, 0.1) is 22.7 Å². The van der Waals surface area contributed by atoms with Gasteiger partial charge in [0.2, 0.25) is 0 Å². The molecule has 0 amide bonds. The third kappa shape index (κ3) is 7.28. The first-order valence-electron chi connectivity index (χ1n) is 11.5. The first kappa shape index (κ1) is 26.5. The second-order valence-corrected chi connectivity index (χ2v) is 11.2. The summed E-state index contributed by atoms with van der Waals surface area (Å²) in [4.78, 5) is 22.2. The standard InChI is InChI=1S/2C13H22O2/c1-9(12(14)15)10-5-7-11(8-6-10)13(2,3)4;1-5-11(14)15-13(12(2,3)4)9-7-6-8-10-13/h10-11H,1,5-8H2,2-4H3,(H,14,15);5H,1,6-10H2,2-4H3. The molecule has 0 aromatic carbocycles. The summed E-state index contributed by atoms with van der Waals surface area (Å²) in [7, 11) is 0. The van der Waals surface area contributed by atoms with E-state index in [0.717, 1.165) is 57.3 Å².